The van der Waals surface area contributed by atoms with Gasteiger partial charge in [-0.1, -0.05) is 11.6 Å². The van der Waals surface area contributed by atoms with Crippen molar-refractivity contribution in [3.63, 3.8) is 0 Å². The zero-order valence-corrected chi connectivity index (χ0v) is 19.8. The van der Waals surface area contributed by atoms with Crippen molar-refractivity contribution in [1.82, 2.24) is 14.9 Å². The Bertz CT molecular complexity index is 946. The Morgan fingerprint density at radius 1 is 1.27 bits per heavy atom. The number of hydrogen-bond donors (Lipinski definition) is 0. The normalized spacial score (nSPS) is 15.0. The quantitative estimate of drug-likeness (QED) is 0.560. The summed E-state index contributed by atoms with van der Waals surface area (Å²) < 4.78 is 25.9. The van der Waals surface area contributed by atoms with Crippen molar-refractivity contribution >= 4 is 50.3 Å². The molecule has 1 amide bonds. The molecular weight excluding hydrogens is 479 g/mol. The number of halogens is 3. The number of hydrogen-bond acceptors (Lipinski definition) is 6. The molecule has 0 radical (unpaired) electrons. The first-order valence-electron chi connectivity index (χ1n) is 9.75. The maximum absolute atomic E-state index is 14.9. The van der Waals surface area contributed by atoms with Crippen molar-refractivity contribution in [2.24, 2.45) is 0 Å². The van der Waals surface area contributed by atoms with Crippen molar-refractivity contribution in [1.29, 1.82) is 0 Å². The zero-order valence-electron chi connectivity index (χ0n) is 17.5. The second kappa shape index (κ2) is 9.20. The molecule has 164 valence electrons. The van der Waals surface area contributed by atoms with Crippen LogP contribution in [0.25, 0.3) is 10.9 Å². The van der Waals surface area contributed by atoms with Gasteiger partial charge in [-0.2, -0.15) is 0 Å². The van der Waals surface area contributed by atoms with E-state index in [0.717, 1.165) is 0 Å². The first-order valence-corrected chi connectivity index (χ1v) is 10.9. The van der Waals surface area contributed by atoms with Gasteiger partial charge in [0.2, 0.25) is 0 Å². The van der Waals surface area contributed by atoms with Crippen molar-refractivity contribution in [2.75, 3.05) is 37.7 Å². The second-order valence-corrected chi connectivity index (χ2v) is 9.14. The number of carbonyl (C=O) groups is 1. The van der Waals surface area contributed by atoms with E-state index in [9.17, 15) is 9.18 Å². The highest BCUT2D eigenvalue weighted by molar-refractivity contribution is 9.10. The average molecular weight is 504 g/mol. The van der Waals surface area contributed by atoms with Crippen LogP contribution in [0.2, 0.25) is 5.02 Å². The van der Waals surface area contributed by atoms with Gasteiger partial charge in [-0.05, 0) is 49.7 Å². The second-order valence-electron chi connectivity index (χ2n) is 7.94. The fourth-order valence-corrected chi connectivity index (χ4v) is 3.62. The van der Waals surface area contributed by atoms with E-state index in [1.54, 1.807) is 11.0 Å². The molecule has 2 aromatic rings. The molecule has 7 nitrogen and oxygen atoms in total. The van der Waals surface area contributed by atoms with Crippen LogP contribution in [0.15, 0.2) is 10.5 Å². The molecule has 1 aliphatic rings. The SMILES string of the molecule is CCOCc1nc(N2CCN(C(=O)OC(C)(C)C)CC2)c2cc(Cl)c(Br)c(F)c2n1. The highest BCUT2D eigenvalue weighted by Gasteiger charge is 2.28. The third-order valence-corrected chi connectivity index (χ3v) is 5.82. The van der Waals surface area contributed by atoms with E-state index in [2.05, 4.69) is 25.9 Å². The van der Waals surface area contributed by atoms with Crippen LogP contribution in [0.3, 0.4) is 0 Å². The molecule has 0 unspecified atom stereocenters. The van der Waals surface area contributed by atoms with Gasteiger partial charge in [0.1, 0.15) is 23.5 Å². The summed E-state index contributed by atoms with van der Waals surface area (Å²) in [6, 6.07) is 1.66. The number of nitrogens with zero attached hydrogens (tertiary/aromatic N) is 4. The summed E-state index contributed by atoms with van der Waals surface area (Å²) in [5.74, 6) is 0.431. The first-order chi connectivity index (χ1) is 14.1. The predicted molar refractivity (Wildman–Crippen MR) is 118 cm³/mol. The fourth-order valence-electron chi connectivity index (χ4n) is 3.13. The van der Waals surface area contributed by atoms with E-state index >= 15 is 0 Å². The van der Waals surface area contributed by atoms with Gasteiger partial charge in [-0.3, -0.25) is 0 Å². The lowest BCUT2D eigenvalue weighted by Crippen LogP contribution is -2.50. The van der Waals surface area contributed by atoms with Crippen LogP contribution < -0.4 is 4.90 Å². The Hall–Kier alpha value is -1.71. The standard InChI is InChI=1S/C20H25BrClFN4O3/c1-5-29-11-14-24-17-12(10-13(22)15(21)16(17)23)18(25-14)26-6-8-27(9-7-26)19(28)30-20(2,3)4/h10H,5-9,11H2,1-4H3. The van der Waals surface area contributed by atoms with E-state index in [4.69, 9.17) is 21.1 Å². The molecule has 1 aromatic carbocycles. The highest BCUT2D eigenvalue weighted by atomic mass is 79.9. The maximum atomic E-state index is 14.9. The summed E-state index contributed by atoms with van der Waals surface area (Å²) in [6.07, 6.45) is -0.343. The number of benzene rings is 1. The number of fused-ring (bicyclic) bond motifs is 1. The summed E-state index contributed by atoms with van der Waals surface area (Å²) in [5.41, 5.74) is -0.368. The molecule has 1 saturated heterocycles. The van der Waals surface area contributed by atoms with Gasteiger partial charge in [0.15, 0.2) is 11.6 Å². The highest BCUT2D eigenvalue weighted by Crippen LogP contribution is 2.35. The summed E-state index contributed by atoms with van der Waals surface area (Å²) in [6.45, 7) is 10.0. The molecule has 3 rings (SSSR count). The van der Waals surface area contributed by atoms with Crippen LogP contribution in [0, 0.1) is 5.82 Å². The lowest BCUT2D eigenvalue weighted by molar-refractivity contribution is 0.0240. The largest absolute Gasteiger partial charge is 0.444 e. The number of aromatic nitrogens is 2. The molecule has 0 saturated carbocycles. The van der Waals surface area contributed by atoms with Gasteiger partial charge in [0.25, 0.3) is 0 Å². The Labute approximate surface area is 188 Å². The molecular formula is C20H25BrClFN4O3. The Kier molecular flexibility index (Phi) is 7.04. The molecule has 1 aliphatic heterocycles. The molecule has 30 heavy (non-hydrogen) atoms. The summed E-state index contributed by atoms with van der Waals surface area (Å²) >= 11 is 9.37. The fraction of sp³-hybridized carbons (Fsp3) is 0.550. The van der Waals surface area contributed by atoms with Crippen LogP contribution in [0.5, 0.6) is 0 Å². The van der Waals surface area contributed by atoms with Crippen molar-refractivity contribution in [2.45, 2.75) is 39.9 Å². The first kappa shape index (κ1) is 23.0. The Balaban J connectivity index is 1.90. The van der Waals surface area contributed by atoms with Gasteiger partial charge in [0.05, 0.1) is 9.50 Å². The third-order valence-electron chi connectivity index (χ3n) is 4.52. The van der Waals surface area contributed by atoms with Crippen molar-refractivity contribution in [3.8, 4) is 0 Å². The summed E-state index contributed by atoms with van der Waals surface area (Å²) in [7, 11) is 0. The number of ether oxygens (including phenoxy) is 2. The molecule has 0 bridgehead atoms. The minimum Gasteiger partial charge on any atom is -0.444 e. The number of piperazine rings is 1. The van der Waals surface area contributed by atoms with Crippen LogP contribution in [-0.4, -0.2) is 59.3 Å². The number of rotatable bonds is 4. The van der Waals surface area contributed by atoms with Crippen molar-refractivity contribution in [3.05, 3.63) is 27.2 Å². The van der Waals surface area contributed by atoms with Gasteiger partial charge >= 0.3 is 6.09 Å². The number of carbonyl (C=O) groups excluding carboxylic acids is 1. The Morgan fingerprint density at radius 3 is 2.53 bits per heavy atom. The molecule has 1 fully saturated rings. The van der Waals surface area contributed by atoms with Gasteiger partial charge in [0, 0.05) is 38.2 Å². The summed E-state index contributed by atoms with van der Waals surface area (Å²) in [4.78, 5) is 25.0. The average Bonchev–Trinajstić information content (AvgIpc) is 2.69. The van der Waals surface area contributed by atoms with E-state index in [0.29, 0.717) is 49.8 Å². The molecule has 2 heterocycles. The number of anilines is 1. The molecule has 1 aromatic heterocycles. The predicted octanol–water partition coefficient (Wildman–Crippen LogP) is 4.78. The van der Waals surface area contributed by atoms with Crippen LogP contribution in [0.1, 0.15) is 33.5 Å². The van der Waals surface area contributed by atoms with Crippen LogP contribution in [0.4, 0.5) is 15.0 Å². The van der Waals surface area contributed by atoms with E-state index in [1.165, 1.54) is 0 Å². The zero-order chi connectivity index (χ0) is 22.1. The van der Waals surface area contributed by atoms with E-state index in [1.807, 2.05) is 32.6 Å². The van der Waals surface area contributed by atoms with Crippen molar-refractivity contribution < 1.29 is 18.7 Å². The molecule has 0 N–H and O–H groups in total. The van der Waals surface area contributed by atoms with E-state index < -0.39 is 11.4 Å². The smallest absolute Gasteiger partial charge is 0.410 e. The molecule has 0 aliphatic carbocycles. The van der Waals surface area contributed by atoms with Gasteiger partial charge < -0.3 is 19.3 Å². The minimum atomic E-state index is -0.549. The van der Waals surface area contributed by atoms with Crippen LogP contribution in [-0.2, 0) is 16.1 Å². The topological polar surface area (TPSA) is 67.8 Å². The Morgan fingerprint density at radius 2 is 1.93 bits per heavy atom. The minimum absolute atomic E-state index is 0.165. The van der Waals surface area contributed by atoms with Gasteiger partial charge in [-0.15, -0.1) is 0 Å². The third kappa shape index (κ3) is 5.12. The monoisotopic (exact) mass is 502 g/mol. The molecule has 0 atom stereocenters. The van der Waals surface area contributed by atoms with Gasteiger partial charge in [-0.25, -0.2) is 19.2 Å². The lowest BCUT2D eigenvalue weighted by Gasteiger charge is -2.36. The van der Waals surface area contributed by atoms with Crippen LogP contribution >= 0.6 is 27.5 Å². The lowest BCUT2D eigenvalue weighted by atomic mass is 10.2. The maximum Gasteiger partial charge on any atom is 0.410 e. The van der Waals surface area contributed by atoms with E-state index in [-0.39, 0.29) is 27.7 Å². The molecule has 10 heteroatoms. The molecule has 0 spiro atoms. The number of amides is 1. The summed E-state index contributed by atoms with van der Waals surface area (Å²) in [5, 5.41) is 0.765.